The van der Waals surface area contributed by atoms with E-state index in [2.05, 4.69) is 26.1 Å². The van der Waals surface area contributed by atoms with E-state index >= 15 is 0 Å². The lowest BCUT2D eigenvalue weighted by Gasteiger charge is -2.01. The molecule has 0 aliphatic heterocycles. The van der Waals surface area contributed by atoms with Crippen molar-refractivity contribution in [2.24, 2.45) is 0 Å². The first-order valence-corrected chi connectivity index (χ1v) is 6.14. The lowest BCUT2D eigenvalue weighted by molar-refractivity contribution is -0.136. The molecule has 2 rings (SSSR count). The van der Waals surface area contributed by atoms with E-state index in [0.717, 1.165) is 10.0 Å². The minimum absolute atomic E-state index is 0.0650. The molecule has 0 saturated carbocycles. The lowest BCUT2D eigenvalue weighted by Crippen LogP contribution is -2.08. The summed E-state index contributed by atoms with van der Waals surface area (Å²) in [6.07, 6.45) is 0.143. The van der Waals surface area contributed by atoms with Crippen LogP contribution in [-0.4, -0.2) is 21.3 Å². The summed E-state index contributed by atoms with van der Waals surface area (Å²) >= 11 is 3.33. The van der Waals surface area contributed by atoms with Crippen LogP contribution in [-0.2, 0) is 11.2 Å². The number of carboxylic acid groups (broad SMARTS) is 1. The maximum atomic E-state index is 11.6. The Kier molecular flexibility index (Phi) is 3.66. The third-order valence-corrected chi connectivity index (χ3v) is 3.13. The van der Waals surface area contributed by atoms with Crippen molar-refractivity contribution in [3.8, 4) is 11.3 Å². The van der Waals surface area contributed by atoms with Gasteiger partial charge in [-0.25, -0.2) is 0 Å². The van der Waals surface area contributed by atoms with Gasteiger partial charge in [-0.1, -0.05) is 28.1 Å². The Bertz CT molecular complexity index is 613. The first-order chi connectivity index (χ1) is 8.58. The molecule has 94 valence electrons. The third-order valence-electron chi connectivity index (χ3n) is 2.60. The Morgan fingerprint density at radius 3 is 2.50 bits per heavy atom. The second-order valence-electron chi connectivity index (χ2n) is 3.83. The molecule has 0 saturated heterocycles. The van der Waals surface area contributed by atoms with Crippen molar-refractivity contribution >= 4 is 21.9 Å². The van der Waals surface area contributed by atoms with Gasteiger partial charge in [0.2, 0.25) is 0 Å². The van der Waals surface area contributed by atoms with E-state index in [1.165, 1.54) is 0 Å². The average Bonchev–Trinajstić information content (AvgIpc) is 2.69. The van der Waals surface area contributed by atoms with Crippen molar-refractivity contribution in [1.82, 2.24) is 10.2 Å². The highest BCUT2D eigenvalue weighted by Crippen LogP contribution is 2.22. The third kappa shape index (κ3) is 2.70. The summed E-state index contributed by atoms with van der Waals surface area (Å²) in [4.78, 5) is 22.2. The van der Waals surface area contributed by atoms with Gasteiger partial charge in [0, 0.05) is 16.5 Å². The Balaban J connectivity index is 2.36. The van der Waals surface area contributed by atoms with Crippen LogP contribution in [0.4, 0.5) is 0 Å². The molecule has 0 atom stereocenters. The standard InChI is InChI=1S/C12H11BrN2O3/c13-8-3-1-7(2-4-8)11-9(5-6-10(16)17)12(18)15-14-11/h1-4H,5-6H2,(H,16,17)(H2,14,15,18). The number of aliphatic carboxylic acids is 1. The zero-order valence-electron chi connectivity index (χ0n) is 9.37. The number of hydrogen-bond donors (Lipinski definition) is 3. The molecule has 0 radical (unpaired) electrons. The van der Waals surface area contributed by atoms with E-state index in [9.17, 15) is 9.59 Å². The summed E-state index contributed by atoms with van der Waals surface area (Å²) < 4.78 is 0.941. The summed E-state index contributed by atoms with van der Waals surface area (Å²) in [5.74, 6) is -0.919. The van der Waals surface area contributed by atoms with Gasteiger partial charge in [-0.15, -0.1) is 0 Å². The fourth-order valence-corrected chi connectivity index (χ4v) is 1.98. The molecule has 0 bridgehead atoms. The summed E-state index contributed by atoms with van der Waals surface area (Å²) in [5, 5.41) is 13.9. The molecule has 1 aromatic heterocycles. The number of nitrogens with one attached hydrogen (secondary N) is 2. The number of carbonyl (C=O) groups is 1. The van der Waals surface area contributed by atoms with E-state index < -0.39 is 5.97 Å². The van der Waals surface area contributed by atoms with Gasteiger partial charge in [-0.2, -0.15) is 0 Å². The number of H-pyrrole nitrogens is 2. The van der Waals surface area contributed by atoms with Gasteiger partial charge in [0.1, 0.15) is 0 Å². The van der Waals surface area contributed by atoms with Crippen LogP contribution in [0.25, 0.3) is 11.3 Å². The molecule has 0 spiro atoms. The first kappa shape index (κ1) is 12.6. The van der Waals surface area contributed by atoms with E-state index in [4.69, 9.17) is 5.11 Å². The van der Waals surface area contributed by atoms with Gasteiger partial charge < -0.3 is 5.11 Å². The fraction of sp³-hybridized carbons (Fsp3) is 0.167. The van der Waals surface area contributed by atoms with Crippen molar-refractivity contribution in [3.63, 3.8) is 0 Å². The minimum Gasteiger partial charge on any atom is -0.481 e. The highest BCUT2D eigenvalue weighted by Gasteiger charge is 2.12. The van der Waals surface area contributed by atoms with Crippen LogP contribution in [0.1, 0.15) is 12.0 Å². The van der Waals surface area contributed by atoms with Gasteiger partial charge in [0.05, 0.1) is 5.69 Å². The predicted molar refractivity (Wildman–Crippen MR) is 70.5 cm³/mol. The topological polar surface area (TPSA) is 85.9 Å². The SMILES string of the molecule is O=C(O)CCc1c(-c2ccc(Br)cc2)[nH][nH]c1=O. The highest BCUT2D eigenvalue weighted by atomic mass is 79.9. The summed E-state index contributed by atoms with van der Waals surface area (Å²) in [6, 6.07) is 7.43. The van der Waals surface area contributed by atoms with Gasteiger partial charge >= 0.3 is 5.97 Å². The Hall–Kier alpha value is -1.82. The van der Waals surface area contributed by atoms with Crippen LogP contribution in [0, 0.1) is 0 Å². The molecule has 0 amide bonds. The second kappa shape index (κ2) is 5.22. The summed E-state index contributed by atoms with van der Waals surface area (Å²) in [6.45, 7) is 0. The molecule has 0 unspecified atom stereocenters. The van der Waals surface area contributed by atoms with Crippen LogP contribution in [0.5, 0.6) is 0 Å². The van der Waals surface area contributed by atoms with Crippen LogP contribution >= 0.6 is 15.9 Å². The number of hydrogen-bond acceptors (Lipinski definition) is 2. The Labute approximate surface area is 111 Å². The van der Waals surface area contributed by atoms with Gasteiger partial charge in [0.15, 0.2) is 0 Å². The number of carboxylic acids is 1. The Morgan fingerprint density at radius 1 is 1.22 bits per heavy atom. The van der Waals surface area contributed by atoms with Crippen molar-refractivity contribution in [1.29, 1.82) is 0 Å². The van der Waals surface area contributed by atoms with Crippen molar-refractivity contribution < 1.29 is 9.90 Å². The zero-order valence-corrected chi connectivity index (χ0v) is 11.0. The number of benzene rings is 1. The van der Waals surface area contributed by atoms with Crippen LogP contribution in [0.2, 0.25) is 0 Å². The Morgan fingerprint density at radius 2 is 1.89 bits per heavy atom. The molecule has 0 aliphatic rings. The molecule has 1 heterocycles. The number of aromatic nitrogens is 2. The molecule has 2 aromatic rings. The highest BCUT2D eigenvalue weighted by molar-refractivity contribution is 9.10. The van der Waals surface area contributed by atoms with E-state index in [1.54, 1.807) is 0 Å². The van der Waals surface area contributed by atoms with E-state index in [-0.39, 0.29) is 18.4 Å². The van der Waals surface area contributed by atoms with Crippen molar-refractivity contribution in [2.75, 3.05) is 0 Å². The minimum atomic E-state index is -0.919. The molecular weight excluding hydrogens is 300 g/mol. The second-order valence-corrected chi connectivity index (χ2v) is 4.75. The molecule has 6 heteroatoms. The molecule has 1 aromatic carbocycles. The fourth-order valence-electron chi connectivity index (χ4n) is 1.72. The summed E-state index contributed by atoms with van der Waals surface area (Å²) in [7, 11) is 0. The number of rotatable bonds is 4. The number of halogens is 1. The van der Waals surface area contributed by atoms with Gasteiger partial charge in [-0.05, 0) is 24.1 Å². The van der Waals surface area contributed by atoms with Crippen LogP contribution in [0.3, 0.4) is 0 Å². The average molecular weight is 311 g/mol. The lowest BCUT2D eigenvalue weighted by atomic mass is 10.0. The molecule has 3 N–H and O–H groups in total. The maximum Gasteiger partial charge on any atom is 0.303 e. The quantitative estimate of drug-likeness (QED) is 0.808. The number of aromatic amines is 2. The molecule has 0 fully saturated rings. The van der Waals surface area contributed by atoms with Crippen LogP contribution in [0.15, 0.2) is 33.5 Å². The molecule has 5 nitrogen and oxygen atoms in total. The van der Waals surface area contributed by atoms with Gasteiger partial charge in [-0.3, -0.25) is 19.8 Å². The summed E-state index contributed by atoms with van der Waals surface area (Å²) in [5.41, 5.74) is 1.69. The van der Waals surface area contributed by atoms with Crippen molar-refractivity contribution in [2.45, 2.75) is 12.8 Å². The predicted octanol–water partition coefficient (Wildman–Crippen LogP) is 2.15. The normalized spacial score (nSPS) is 10.5. The molecule has 18 heavy (non-hydrogen) atoms. The van der Waals surface area contributed by atoms with Gasteiger partial charge in [0.25, 0.3) is 5.56 Å². The maximum absolute atomic E-state index is 11.6. The molecule has 0 aliphatic carbocycles. The first-order valence-electron chi connectivity index (χ1n) is 5.35. The smallest absolute Gasteiger partial charge is 0.303 e. The largest absolute Gasteiger partial charge is 0.481 e. The van der Waals surface area contributed by atoms with E-state index in [1.807, 2.05) is 24.3 Å². The van der Waals surface area contributed by atoms with Crippen LogP contribution < -0.4 is 5.56 Å². The zero-order chi connectivity index (χ0) is 13.1. The monoisotopic (exact) mass is 310 g/mol. The van der Waals surface area contributed by atoms with Crippen molar-refractivity contribution in [3.05, 3.63) is 44.7 Å². The van der Waals surface area contributed by atoms with E-state index in [0.29, 0.717) is 11.3 Å². The molecular formula is C12H11BrN2O3.